The van der Waals surface area contributed by atoms with Crippen LogP contribution in [0.5, 0.6) is 0 Å². The summed E-state index contributed by atoms with van der Waals surface area (Å²) >= 11 is 0. The van der Waals surface area contributed by atoms with Gasteiger partial charge in [-0.25, -0.2) is 0 Å². The Kier molecular flexibility index (Phi) is 3.01. The van der Waals surface area contributed by atoms with Crippen molar-refractivity contribution in [3.63, 3.8) is 0 Å². The van der Waals surface area contributed by atoms with Crippen LogP contribution in [0.15, 0.2) is 24.3 Å². The lowest BCUT2D eigenvalue weighted by atomic mass is 10.2. The molecule has 1 N–H and O–H groups in total. The first-order valence-corrected chi connectivity index (χ1v) is 4.88. The molecule has 0 bridgehead atoms. The molecule has 1 aliphatic heterocycles. The van der Waals surface area contributed by atoms with Crippen molar-refractivity contribution >= 4 is 5.69 Å². The minimum absolute atomic E-state index is 0.0868. The molecule has 2 rings (SSSR count). The normalized spacial score (nSPS) is 17.2. The van der Waals surface area contributed by atoms with Gasteiger partial charge in [0.2, 0.25) is 0 Å². The van der Waals surface area contributed by atoms with E-state index in [1.165, 1.54) is 5.56 Å². The minimum atomic E-state index is -0.0868. The predicted octanol–water partition coefficient (Wildman–Crippen LogP) is 1.78. The van der Waals surface area contributed by atoms with Crippen LogP contribution in [0.1, 0.15) is 5.56 Å². The van der Waals surface area contributed by atoms with Crippen LogP contribution >= 0.6 is 0 Å². The molecule has 1 saturated heterocycles. The zero-order valence-corrected chi connectivity index (χ0v) is 8.32. The Bertz CT molecular complexity index is 278. The number of anilines is 1. The van der Waals surface area contributed by atoms with Crippen LogP contribution in [0.2, 0.25) is 0 Å². The van der Waals surface area contributed by atoms with E-state index in [0.717, 1.165) is 5.69 Å². The Balaban J connectivity index is 1.82. The van der Waals surface area contributed by atoms with Crippen molar-refractivity contribution in [3.05, 3.63) is 29.8 Å². The maximum atomic E-state index is 5.31. The van der Waals surface area contributed by atoms with Crippen LogP contribution in [-0.4, -0.2) is 26.0 Å². The van der Waals surface area contributed by atoms with E-state index in [-0.39, 0.29) is 6.29 Å². The maximum absolute atomic E-state index is 5.31. The van der Waals surface area contributed by atoms with Crippen molar-refractivity contribution in [2.75, 3.05) is 25.1 Å². The standard InChI is InChI=1S/C11H15NO2/c1-9-2-4-10(5-3-9)12-8-11-13-6-7-14-11/h2-5,11-12H,6-8H2,1H3. The lowest BCUT2D eigenvalue weighted by molar-refractivity contribution is -0.0299. The zero-order chi connectivity index (χ0) is 9.80. The van der Waals surface area contributed by atoms with Crippen molar-refractivity contribution < 1.29 is 9.47 Å². The second-order valence-corrected chi connectivity index (χ2v) is 3.42. The SMILES string of the molecule is Cc1ccc(NCC2OCCO2)cc1. The predicted molar refractivity (Wildman–Crippen MR) is 55.4 cm³/mol. The van der Waals surface area contributed by atoms with Crippen molar-refractivity contribution in [2.24, 2.45) is 0 Å². The molecule has 76 valence electrons. The van der Waals surface area contributed by atoms with Crippen LogP contribution in [0.25, 0.3) is 0 Å². The third-order valence-electron chi connectivity index (χ3n) is 2.22. The molecule has 14 heavy (non-hydrogen) atoms. The van der Waals surface area contributed by atoms with E-state index in [1.807, 2.05) is 0 Å². The van der Waals surface area contributed by atoms with Crippen LogP contribution < -0.4 is 5.32 Å². The molecule has 0 aromatic heterocycles. The van der Waals surface area contributed by atoms with Gasteiger partial charge in [0, 0.05) is 5.69 Å². The van der Waals surface area contributed by atoms with E-state index in [2.05, 4.69) is 36.5 Å². The number of aryl methyl sites for hydroxylation is 1. The van der Waals surface area contributed by atoms with Gasteiger partial charge in [0.1, 0.15) is 0 Å². The molecular formula is C11H15NO2. The molecule has 1 fully saturated rings. The summed E-state index contributed by atoms with van der Waals surface area (Å²) in [6, 6.07) is 8.28. The van der Waals surface area contributed by atoms with Gasteiger partial charge in [-0.3, -0.25) is 0 Å². The van der Waals surface area contributed by atoms with Gasteiger partial charge >= 0.3 is 0 Å². The molecule has 3 nitrogen and oxygen atoms in total. The largest absolute Gasteiger partial charge is 0.380 e. The van der Waals surface area contributed by atoms with Gasteiger partial charge in [-0.15, -0.1) is 0 Å². The molecule has 0 radical (unpaired) electrons. The number of hydrogen-bond donors (Lipinski definition) is 1. The summed E-state index contributed by atoms with van der Waals surface area (Å²) in [4.78, 5) is 0. The Morgan fingerprint density at radius 3 is 2.50 bits per heavy atom. The fourth-order valence-electron chi connectivity index (χ4n) is 1.40. The Morgan fingerprint density at radius 1 is 1.21 bits per heavy atom. The highest BCUT2D eigenvalue weighted by Gasteiger charge is 2.14. The average Bonchev–Trinajstić information content (AvgIpc) is 2.70. The molecule has 0 atom stereocenters. The summed E-state index contributed by atoms with van der Waals surface area (Å²) < 4.78 is 10.6. The molecule has 1 heterocycles. The van der Waals surface area contributed by atoms with Crippen LogP contribution in [-0.2, 0) is 9.47 Å². The fourth-order valence-corrected chi connectivity index (χ4v) is 1.40. The second kappa shape index (κ2) is 4.44. The maximum Gasteiger partial charge on any atom is 0.174 e. The molecular weight excluding hydrogens is 178 g/mol. The molecule has 0 aliphatic carbocycles. The van der Waals surface area contributed by atoms with Crippen molar-refractivity contribution in [2.45, 2.75) is 13.2 Å². The topological polar surface area (TPSA) is 30.5 Å². The number of hydrogen-bond acceptors (Lipinski definition) is 3. The third kappa shape index (κ3) is 2.47. The van der Waals surface area contributed by atoms with Gasteiger partial charge in [-0.05, 0) is 19.1 Å². The van der Waals surface area contributed by atoms with Crippen molar-refractivity contribution in [1.29, 1.82) is 0 Å². The summed E-state index contributed by atoms with van der Waals surface area (Å²) in [6.45, 7) is 4.20. The Hall–Kier alpha value is -1.06. The average molecular weight is 193 g/mol. The van der Waals surface area contributed by atoms with E-state index in [9.17, 15) is 0 Å². The highest BCUT2D eigenvalue weighted by molar-refractivity contribution is 5.44. The van der Waals surface area contributed by atoms with Crippen LogP contribution in [0.4, 0.5) is 5.69 Å². The summed E-state index contributed by atoms with van der Waals surface area (Å²) in [5.41, 5.74) is 2.37. The fraction of sp³-hybridized carbons (Fsp3) is 0.455. The first-order valence-electron chi connectivity index (χ1n) is 4.88. The number of ether oxygens (including phenoxy) is 2. The molecule has 0 unspecified atom stereocenters. The van der Waals surface area contributed by atoms with Crippen molar-refractivity contribution in [1.82, 2.24) is 0 Å². The molecule has 1 aromatic carbocycles. The van der Waals surface area contributed by atoms with E-state index in [4.69, 9.17) is 9.47 Å². The van der Waals surface area contributed by atoms with Crippen LogP contribution in [0, 0.1) is 6.92 Å². The molecule has 0 saturated carbocycles. The van der Waals surface area contributed by atoms with E-state index in [1.54, 1.807) is 0 Å². The van der Waals surface area contributed by atoms with Gasteiger partial charge in [-0.1, -0.05) is 17.7 Å². The summed E-state index contributed by atoms with van der Waals surface area (Å²) in [5.74, 6) is 0. The number of nitrogens with one attached hydrogen (secondary N) is 1. The summed E-state index contributed by atoms with van der Waals surface area (Å²) in [6.07, 6.45) is -0.0868. The summed E-state index contributed by atoms with van der Waals surface area (Å²) in [5, 5.41) is 3.26. The van der Waals surface area contributed by atoms with Gasteiger partial charge < -0.3 is 14.8 Å². The smallest absolute Gasteiger partial charge is 0.174 e. The zero-order valence-electron chi connectivity index (χ0n) is 8.32. The Morgan fingerprint density at radius 2 is 1.86 bits per heavy atom. The highest BCUT2D eigenvalue weighted by atomic mass is 16.7. The second-order valence-electron chi connectivity index (χ2n) is 3.42. The molecule has 1 aromatic rings. The quantitative estimate of drug-likeness (QED) is 0.793. The molecule has 0 amide bonds. The van der Waals surface area contributed by atoms with Gasteiger partial charge in [0.15, 0.2) is 6.29 Å². The monoisotopic (exact) mass is 193 g/mol. The molecule has 0 spiro atoms. The van der Waals surface area contributed by atoms with Gasteiger partial charge in [0.25, 0.3) is 0 Å². The third-order valence-corrected chi connectivity index (χ3v) is 2.22. The minimum Gasteiger partial charge on any atom is -0.380 e. The summed E-state index contributed by atoms with van der Waals surface area (Å²) in [7, 11) is 0. The van der Waals surface area contributed by atoms with Gasteiger partial charge in [0.05, 0.1) is 19.8 Å². The van der Waals surface area contributed by atoms with Crippen LogP contribution in [0.3, 0.4) is 0 Å². The van der Waals surface area contributed by atoms with Gasteiger partial charge in [-0.2, -0.15) is 0 Å². The highest BCUT2D eigenvalue weighted by Crippen LogP contribution is 2.10. The first kappa shape index (κ1) is 9.49. The van der Waals surface area contributed by atoms with E-state index < -0.39 is 0 Å². The number of benzene rings is 1. The van der Waals surface area contributed by atoms with E-state index >= 15 is 0 Å². The molecule has 3 heteroatoms. The van der Waals surface area contributed by atoms with E-state index in [0.29, 0.717) is 19.8 Å². The number of rotatable bonds is 3. The first-order chi connectivity index (χ1) is 6.84. The lowest BCUT2D eigenvalue weighted by Crippen LogP contribution is -2.20. The molecule has 1 aliphatic rings. The lowest BCUT2D eigenvalue weighted by Gasteiger charge is -2.11. The Labute approximate surface area is 84.0 Å². The van der Waals surface area contributed by atoms with Crippen molar-refractivity contribution in [3.8, 4) is 0 Å².